The van der Waals surface area contributed by atoms with Crippen molar-refractivity contribution in [3.05, 3.63) is 53.8 Å². The Labute approximate surface area is 147 Å². The van der Waals surface area contributed by atoms with Crippen LogP contribution >= 0.6 is 0 Å². The van der Waals surface area contributed by atoms with Crippen LogP contribution in [0, 0.1) is 5.82 Å². The number of amides is 2. The Hall–Kier alpha value is -2.76. The summed E-state index contributed by atoms with van der Waals surface area (Å²) in [5.74, 6) is 0.932. The molecule has 0 spiro atoms. The fourth-order valence-electron chi connectivity index (χ4n) is 2.30. The zero-order valence-corrected chi connectivity index (χ0v) is 14.5. The van der Waals surface area contributed by atoms with E-state index in [1.165, 1.54) is 12.1 Å². The van der Waals surface area contributed by atoms with E-state index >= 15 is 0 Å². The molecule has 6 heteroatoms. The van der Waals surface area contributed by atoms with Gasteiger partial charge < -0.3 is 20.1 Å². The third-order valence-corrected chi connectivity index (χ3v) is 3.43. The number of halogens is 1. The molecule has 0 fully saturated rings. The molecule has 0 atom stereocenters. The number of nitrogens with one attached hydrogen (secondary N) is 2. The first-order chi connectivity index (χ1) is 12.1. The van der Waals surface area contributed by atoms with Crippen molar-refractivity contribution in [1.82, 2.24) is 5.32 Å². The average molecular weight is 346 g/mol. The highest BCUT2D eigenvalue weighted by atomic mass is 19.1. The molecule has 0 aliphatic rings. The van der Waals surface area contributed by atoms with E-state index in [2.05, 4.69) is 10.6 Å². The molecule has 0 heterocycles. The number of anilines is 1. The molecule has 2 amide bonds. The van der Waals surface area contributed by atoms with Crippen LogP contribution in [0.3, 0.4) is 0 Å². The van der Waals surface area contributed by atoms with Crippen molar-refractivity contribution < 1.29 is 18.7 Å². The molecule has 2 aromatic carbocycles. The molecule has 134 valence electrons. The van der Waals surface area contributed by atoms with Crippen LogP contribution in [0.1, 0.15) is 19.4 Å². The molecule has 0 bridgehead atoms. The fourth-order valence-corrected chi connectivity index (χ4v) is 2.30. The van der Waals surface area contributed by atoms with E-state index in [-0.39, 0.29) is 5.69 Å². The lowest BCUT2D eigenvalue weighted by Crippen LogP contribution is -2.30. The molecule has 25 heavy (non-hydrogen) atoms. The molecular weight excluding hydrogens is 323 g/mol. The van der Waals surface area contributed by atoms with Gasteiger partial charge in [0, 0.05) is 6.54 Å². The standard InChI is InChI=1S/C19H23FN2O3/c1-3-24-17-10-9-14(13-18(17)25-4-2)11-12-21-19(23)22-16-8-6-5-7-15(16)20/h5-10,13H,3-4,11-12H2,1-2H3,(H2,21,22,23). The Morgan fingerprint density at radius 1 is 1.04 bits per heavy atom. The summed E-state index contributed by atoms with van der Waals surface area (Å²) in [5.41, 5.74) is 1.16. The summed E-state index contributed by atoms with van der Waals surface area (Å²) in [5, 5.41) is 5.19. The second-order valence-corrected chi connectivity index (χ2v) is 5.26. The molecule has 2 rings (SSSR count). The predicted octanol–water partition coefficient (Wildman–Crippen LogP) is 3.99. The van der Waals surface area contributed by atoms with Crippen molar-refractivity contribution in [3.63, 3.8) is 0 Å². The summed E-state index contributed by atoms with van der Waals surface area (Å²) in [6.45, 7) is 5.36. The second kappa shape index (κ2) is 9.52. The Morgan fingerprint density at radius 3 is 2.48 bits per heavy atom. The number of para-hydroxylation sites is 1. The van der Waals surface area contributed by atoms with Crippen LogP contribution in [0.25, 0.3) is 0 Å². The molecule has 0 unspecified atom stereocenters. The predicted molar refractivity (Wildman–Crippen MR) is 95.9 cm³/mol. The quantitative estimate of drug-likeness (QED) is 0.760. The number of ether oxygens (including phenoxy) is 2. The summed E-state index contributed by atoms with van der Waals surface area (Å²) >= 11 is 0. The van der Waals surface area contributed by atoms with E-state index in [0.717, 1.165) is 5.56 Å². The molecular formula is C19H23FN2O3. The Kier molecular flexibility index (Phi) is 7.07. The van der Waals surface area contributed by atoms with Gasteiger partial charge in [0.1, 0.15) is 5.82 Å². The highest BCUT2D eigenvalue weighted by Gasteiger charge is 2.08. The number of urea groups is 1. The van der Waals surface area contributed by atoms with Crippen LogP contribution in [0.4, 0.5) is 14.9 Å². The van der Waals surface area contributed by atoms with Crippen LogP contribution in [-0.2, 0) is 6.42 Å². The van der Waals surface area contributed by atoms with Crippen LogP contribution in [0.5, 0.6) is 11.5 Å². The van der Waals surface area contributed by atoms with E-state index < -0.39 is 11.8 Å². The minimum atomic E-state index is -0.467. The first-order valence-corrected chi connectivity index (χ1v) is 8.32. The first-order valence-electron chi connectivity index (χ1n) is 8.32. The first kappa shape index (κ1) is 18.6. The number of carbonyl (C=O) groups excluding carboxylic acids is 1. The van der Waals surface area contributed by atoms with Gasteiger partial charge in [0.25, 0.3) is 0 Å². The highest BCUT2D eigenvalue weighted by Crippen LogP contribution is 2.28. The average Bonchev–Trinajstić information content (AvgIpc) is 2.59. The van der Waals surface area contributed by atoms with Crippen molar-refractivity contribution >= 4 is 11.7 Å². The molecule has 0 saturated carbocycles. The van der Waals surface area contributed by atoms with Gasteiger partial charge in [-0.2, -0.15) is 0 Å². The summed E-state index contributed by atoms with van der Waals surface area (Å²) < 4.78 is 24.6. The normalized spacial score (nSPS) is 10.2. The van der Waals surface area contributed by atoms with Gasteiger partial charge in [-0.1, -0.05) is 18.2 Å². The third-order valence-electron chi connectivity index (χ3n) is 3.43. The van der Waals surface area contributed by atoms with Gasteiger partial charge in [0.15, 0.2) is 11.5 Å². The van der Waals surface area contributed by atoms with Gasteiger partial charge >= 0.3 is 6.03 Å². The monoisotopic (exact) mass is 346 g/mol. The van der Waals surface area contributed by atoms with Crippen LogP contribution in [0.2, 0.25) is 0 Å². The number of carbonyl (C=O) groups is 1. The van der Waals surface area contributed by atoms with Crippen molar-refractivity contribution in [2.45, 2.75) is 20.3 Å². The van der Waals surface area contributed by atoms with Crippen LogP contribution < -0.4 is 20.1 Å². The largest absolute Gasteiger partial charge is 0.490 e. The molecule has 0 aliphatic heterocycles. The fraction of sp³-hybridized carbons (Fsp3) is 0.316. The second-order valence-electron chi connectivity index (χ2n) is 5.26. The molecule has 2 N–H and O–H groups in total. The molecule has 5 nitrogen and oxygen atoms in total. The molecule has 0 saturated heterocycles. The van der Waals surface area contributed by atoms with E-state index in [4.69, 9.17) is 9.47 Å². The number of rotatable bonds is 8. The zero-order chi connectivity index (χ0) is 18.1. The van der Waals surface area contributed by atoms with Crippen molar-refractivity contribution in [1.29, 1.82) is 0 Å². The minimum absolute atomic E-state index is 0.152. The van der Waals surface area contributed by atoms with Gasteiger partial charge in [-0.15, -0.1) is 0 Å². The Balaban J connectivity index is 1.87. The molecule has 2 aromatic rings. The number of hydrogen-bond donors (Lipinski definition) is 2. The van der Waals surface area contributed by atoms with Gasteiger partial charge in [-0.3, -0.25) is 0 Å². The van der Waals surface area contributed by atoms with E-state index in [1.54, 1.807) is 12.1 Å². The van der Waals surface area contributed by atoms with Crippen LogP contribution in [-0.4, -0.2) is 25.8 Å². The van der Waals surface area contributed by atoms with Gasteiger partial charge in [0.05, 0.1) is 18.9 Å². The number of benzene rings is 2. The maximum absolute atomic E-state index is 13.5. The lowest BCUT2D eigenvalue weighted by Gasteiger charge is -2.13. The molecule has 0 aliphatic carbocycles. The lowest BCUT2D eigenvalue weighted by atomic mass is 10.1. The van der Waals surface area contributed by atoms with Gasteiger partial charge in [0.2, 0.25) is 0 Å². The van der Waals surface area contributed by atoms with Gasteiger partial charge in [-0.05, 0) is 50.1 Å². The van der Waals surface area contributed by atoms with Crippen molar-refractivity contribution in [2.75, 3.05) is 25.1 Å². The maximum Gasteiger partial charge on any atom is 0.319 e. The molecule has 0 radical (unpaired) electrons. The van der Waals surface area contributed by atoms with E-state index in [1.807, 2.05) is 32.0 Å². The highest BCUT2D eigenvalue weighted by molar-refractivity contribution is 5.89. The lowest BCUT2D eigenvalue weighted by molar-refractivity contribution is 0.252. The van der Waals surface area contributed by atoms with E-state index in [9.17, 15) is 9.18 Å². The van der Waals surface area contributed by atoms with E-state index in [0.29, 0.717) is 37.7 Å². The Morgan fingerprint density at radius 2 is 1.76 bits per heavy atom. The summed E-state index contributed by atoms with van der Waals surface area (Å²) in [6.07, 6.45) is 0.622. The molecule has 0 aromatic heterocycles. The number of hydrogen-bond acceptors (Lipinski definition) is 3. The van der Waals surface area contributed by atoms with Crippen molar-refractivity contribution in [3.8, 4) is 11.5 Å². The zero-order valence-electron chi connectivity index (χ0n) is 14.5. The minimum Gasteiger partial charge on any atom is -0.490 e. The smallest absolute Gasteiger partial charge is 0.319 e. The van der Waals surface area contributed by atoms with Gasteiger partial charge in [-0.25, -0.2) is 9.18 Å². The summed E-state index contributed by atoms with van der Waals surface area (Å²) in [6, 6.07) is 11.3. The third kappa shape index (κ3) is 5.67. The topological polar surface area (TPSA) is 59.6 Å². The maximum atomic E-state index is 13.5. The van der Waals surface area contributed by atoms with Crippen molar-refractivity contribution in [2.24, 2.45) is 0 Å². The SMILES string of the molecule is CCOc1ccc(CCNC(=O)Nc2ccccc2F)cc1OCC. The Bertz CT molecular complexity index is 707. The summed E-state index contributed by atoms with van der Waals surface area (Å²) in [4.78, 5) is 11.8. The summed E-state index contributed by atoms with van der Waals surface area (Å²) in [7, 11) is 0. The van der Waals surface area contributed by atoms with Crippen LogP contribution in [0.15, 0.2) is 42.5 Å².